The second kappa shape index (κ2) is 13.9. The highest BCUT2D eigenvalue weighted by atomic mass is 19.4. The van der Waals surface area contributed by atoms with Crippen LogP contribution in [0.1, 0.15) is 30.5 Å². The SMILES string of the molecule is C[C@@H]1CN([C@H](C)CO)C(=O)Cc2cc(NC(=O)Nc3ccccc3)ccc2O[C@@H]1CN(C)Cc1ccc(C(F)(F)F)cc1. The highest BCUT2D eigenvalue weighted by Gasteiger charge is 2.32. The number of alkyl halides is 3. The van der Waals surface area contributed by atoms with E-state index in [0.717, 1.165) is 17.7 Å². The monoisotopic (exact) mass is 598 g/mol. The molecule has 230 valence electrons. The molecule has 3 N–H and O–H groups in total. The molecular formula is C32H37F3N4O4. The van der Waals surface area contributed by atoms with Gasteiger partial charge in [0.2, 0.25) is 5.91 Å². The zero-order valence-corrected chi connectivity index (χ0v) is 24.4. The number of hydrogen-bond donors (Lipinski definition) is 3. The first kappa shape index (κ1) is 31.8. The molecule has 0 bridgehead atoms. The maximum atomic E-state index is 13.4. The van der Waals surface area contributed by atoms with E-state index in [1.165, 1.54) is 12.1 Å². The molecule has 0 radical (unpaired) electrons. The number of ether oxygens (including phenoxy) is 1. The van der Waals surface area contributed by atoms with Gasteiger partial charge >= 0.3 is 12.2 Å². The Labute approximate surface area is 249 Å². The smallest absolute Gasteiger partial charge is 0.416 e. The third-order valence-electron chi connectivity index (χ3n) is 7.43. The summed E-state index contributed by atoms with van der Waals surface area (Å²) in [6, 6.07) is 18.4. The molecule has 43 heavy (non-hydrogen) atoms. The number of aliphatic hydroxyl groups is 1. The van der Waals surface area contributed by atoms with Crippen molar-refractivity contribution < 1.29 is 32.6 Å². The number of carbonyl (C=O) groups is 2. The fourth-order valence-corrected chi connectivity index (χ4v) is 5.02. The number of nitrogens with zero attached hydrogens (tertiary/aromatic N) is 2. The van der Waals surface area contributed by atoms with Crippen molar-refractivity contribution in [1.82, 2.24) is 9.80 Å². The third-order valence-corrected chi connectivity index (χ3v) is 7.43. The Balaban J connectivity index is 1.54. The van der Waals surface area contributed by atoms with Crippen molar-refractivity contribution in [2.75, 3.05) is 37.4 Å². The molecule has 11 heteroatoms. The van der Waals surface area contributed by atoms with Gasteiger partial charge in [-0.1, -0.05) is 37.3 Å². The van der Waals surface area contributed by atoms with Gasteiger partial charge in [-0.3, -0.25) is 9.69 Å². The highest BCUT2D eigenvalue weighted by Crippen LogP contribution is 2.31. The molecule has 3 aromatic carbocycles. The number of rotatable bonds is 8. The van der Waals surface area contributed by atoms with E-state index in [2.05, 4.69) is 10.6 Å². The normalized spacial score (nSPS) is 18.1. The fraction of sp³-hybridized carbons (Fsp3) is 0.375. The number of halogens is 3. The Morgan fingerprint density at radius 1 is 1.07 bits per heavy atom. The van der Waals surface area contributed by atoms with E-state index in [0.29, 0.717) is 42.3 Å². The Morgan fingerprint density at radius 3 is 2.40 bits per heavy atom. The lowest BCUT2D eigenvalue weighted by atomic mass is 10.0. The number of para-hydroxylation sites is 1. The van der Waals surface area contributed by atoms with Gasteiger partial charge in [0.1, 0.15) is 11.9 Å². The predicted molar refractivity (Wildman–Crippen MR) is 159 cm³/mol. The minimum atomic E-state index is -4.39. The summed E-state index contributed by atoms with van der Waals surface area (Å²) in [5, 5.41) is 15.4. The molecule has 1 aliphatic heterocycles. The highest BCUT2D eigenvalue weighted by molar-refractivity contribution is 5.99. The third kappa shape index (κ3) is 8.71. The van der Waals surface area contributed by atoms with Crippen LogP contribution in [0.3, 0.4) is 0 Å². The zero-order valence-electron chi connectivity index (χ0n) is 24.4. The quantitative estimate of drug-likeness (QED) is 0.313. The molecule has 0 saturated heterocycles. The summed E-state index contributed by atoms with van der Waals surface area (Å²) in [4.78, 5) is 29.6. The molecule has 0 spiro atoms. The van der Waals surface area contributed by atoms with Gasteiger partial charge in [0, 0.05) is 42.5 Å². The van der Waals surface area contributed by atoms with Gasteiger partial charge in [-0.2, -0.15) is 13.2 Å². The van der Waals surface area contributed by atoms with E-state index < -0.39 is 29.9 Å². The van der Waals surface area contributed by atoms with Crippen LogP contribution in [0.15, 0.2) is 72.8 Å². The van der Waals surface area contributed by atoms with Crippen LogP contribution in [0.5, 0.6) is 5.75 Å². The van der Waals surface area contributed by atoms with E-state index in [1.807, 2.05) is 37.1 Å². The molecule has 0 aromatic heterocycles. The molecule has 3 aromatic rings. The van der Waals surface area contributed by atoms with Crippen molar-refractivity contribution in [1.29, 1.82) is 0 Å². The summed E-state index contributed by atoms with van der Waals surface area (Å²) in [5.41, 5.74) is 1.72. The van der Waals surface area contributed by atoms with Crippen LogP contribution in [0.25, 0.3) is 0 Å². The standard InChI is InChI=1S/C32H37F3N4O4/c1-21-17-39(22(2)20-40)30(41)16-24-15-27(37-31(42)36-26-7-5-4-6-8-26)13-14-28(24)43-29(21)19-38(3)18-23-9-11-25(12-10-23)32(33,34)35/h4-15,21-22,29,40H,16-20H2,1-3H3,(H2,36,37,42)/t21-,22-,29-/m1/s1. The van der Waals surface area contributed by atoms with Gasteiger partial charge in [0.05, 0.1) is 24.6 Å². The maximum Gasteiger partial charge on any atom is 0.416 e. The molecule has 4 rings (SSSR count). The molecule has 3 amide bonds. The van der Waals surface area contributed by atoms with Gasteiger partial charge in [0.25, 0.3) is 0 Å². The molecule has 0 saturated carbocycles. The van der Waals surface area contributed by atoms with Gasteiger partial charge in [-0.05, 0) is 62.0 Å². The van der Waals surface area contributed by atoms with Gasteiger partial charge in [0.15, 0.2) is 0 Å². The number of anilines is 2. The second-order valence-electron chi connectivity index (χ2n) is 11.0. The van der Waals surface area contributed by atoms with Crippen molar-refractivity contribution in [2.24, 2.45) is 5.92 Å². The minimum absolute atomic E-state index is 0.0102. The first-order chi connectivity index (χ1) is 20.4. The van der Waals surface area contributed by atoms with E-state index in [9.17, 15) is 27.9 Å². The lowest BCUT2D eigenvalue weighted by molar-refractivity contribution is -0.137. The number of benzene rings is 3. The van der Waals surface area contributed by atoms with Crippen LogP contribution < -0.4 is 15.4 Å². The summed E-state index contributed by atoms with van der Waals surface area (Å²) in [7, 11) is 1.86. The topological polar surface area (TPSA) is 94.1 Å². The second-order valence-corrected chi connectivity index (χ2v) is 11.0. The van der Waals surface area contributed by atoms with Crippen molar-refractivity contribution in [3.63, 3.8) is 0 Å². The molecule has 3 atom stereocenters. The first-order valence-electron chi connectivity index (χ1n) is 14.1. The summed E-state index contributed by atoms with van der Waals surface area (Å²) in [5.74, 6) is 0.178. The molecule has 0 fully saturated rings. The summed E-state index contributed by atoms with van der Waals surface area (Å²) >= 11 is 0. The van der Waals surface area contributed by atoms with E-state index in [-0.39, 0.29) is 24.9 Å². The van der Waals surface area contributed by atoms with Crippen LogP contribution in [0.2, 0.25) is 0 Å². The number of carbonyl (C=O) groups excluding carboxylic acids is 2. The average Bonchev–Trinajstić information content (AvgIpc) is 3.00. The molecule has 1 aliphatic rings. The number of nitrogens with one attached hydrogen (secondary N) is 2. The summed E-state index contributed by atoms with van der Waals surface area (Å²) < 4.78 is 45.5. The number of amides is 3. The molecular weight excluding hydrogens is 561 g/mol. The fourth-order valence-electron chi connectivity index (χ4n) is 5.02. The number of aliphatic hydroxyl groups excluding tert-OH is 1. The Kier molecular flexibility index (Phi) is 10.3. The lowest BCUT2D eigenvalue weighted by Crippen LogP contribution is -2.47. The maximum absolute atomic E-state index is 13.4. The molecule has 1 heterocycles. The van der Waals surface area contributed by atoms with Crippen LogP contribution in [-0.2, 0) is 23.9 Å². The van der Waals surface area contributed by atoms with Crippen molar-refractivity contribution in [3.05, 3.63) is 89.5 Å². The summed E-state index contributed by atoms with van der Waals surface area (Å²) in [6.45, 7) is 4.71. The van der Waals surface area contributed by atoms with Crippen molar-refractivity contribution in [2.45, 2.75) is 45.1 Å². The van der Waals surface area contributed by atoms with Crippen LogP contribution >= 0.6 is 0 Å². The zero-order chi connectivity index (χ0) is 31.1. The van der Waals surface area contributed by atoms with Crippen LogP contribution in [0, 0.1) is 5.92 Å². The molecule has 8 nitrogen and oxygen atoms in total. The van der Waals surface area contributed by atoms with Gasteiger partial charge in [-0.25, -0.2) is 4.79 Å². The largest absolute Gasteiger partial charge is 0.488 e. The molecule has 0 unspecified atom stereocenters. The Bertz CT molecular complexity index is 1390. The van der Waals surface area contributed by atoms with Crippen LogP contribution in [-0.4, -0.2) is 65.7 Å². The lowest BCUT2D eigenvalue weighted by Gasteiger charge is -2.34. The number of hydrogen-bond acceptors (Lipinski definition) is 5. The number of urea groups is 1. The van der Waals surface area contributed by atoms with E-state index in [1.54, 1.807) is 42.2 Å². The first-order valence-corrected chi connectivity index (χ1v) is 14.1. The van der Waals surface area contributed by atoms with Crippen LogP contribution in [0.4, 0.5) is 29.3 Å². The summed E-state index contributed by atoms with van der Waals surface area (Å²) in [6.07, 6.45) is -4.78. The van der Waals surface area contributed by atoms with Gasteiger partial charge in [-0.15, -0.1) is 0 Å². The number of fused-ring (bicyclic) bond motifs is 1. The minimum Gasteiger partial charge on any atom is -0.488 e. The average molecular weight is 599 g/mol. The van der Waals surface area contributed by atoms with E-state index >= 15 is 0 Å². The predicted octanol–water partition coefficient (Wildman–Crippen LogP) is 5.63. The van der Waals surface area contributed by atoms with E-state index in [4.69, 9.17) is 4.74 Å². The van der Waals surface area contributed by atoms with Gasteiger partial charge < -0.3 is 25.4 Å². The van der Waals surface area contributed by atoms with Crippen molar-refractivity contribution in [3.8, 4) is 5.75 Å². The Morgan fingerprint density at radius 2 is 1.74 bits per heavy atom. The van der Waals surface area contributed by atoms with Crippen molar-refractivity contribution >= 4 is 23.3 Å². The number of likely N-dealkylation sites (N-methyl/N-ethyl adjacent to an activating group) is 1. The Hall–Kier alpha value is -4.09. The molecule has 0 aliphatic carbocycles.